The van der Waals surface area contributed by atoms with Crippen LogP contribution in [-0.2, 0) is 9.47 Å². The number of carbonyl (C=O) groups is 1. The van der Waals surface area contributed by atoms with Gasteiger partial charge in [-0.3, -0.25) is 0 Å². The third kappa shape index (κ3) is 2.15. The molecule has 5 heteroatoms. The molecule has 0 unspecified atom stereocenters. The van der Waals surface area contributed by atoms with Crippen LogP contribution in [0.1, 0.15) is 27.2 Å². The van der Waals surface area contributed by atoms with Crippen LogP contribution >= 0.6 is 0 Å². The van der Waals surface area contributed by atoms with Gasteiger partial charge in [-0.1, -0.05) is 0 Å². The minimum atomic E-state index is -0.460. The van der Waals surface area contributed by atoms with E-state index in [9.17, 15) is 4.79 Å². The largest absolute Gasteiger partial charge is 0.444 e. The van der Waals surface area contributed by atoms with Crippen LogP contribution in [0.15, 0.2) is 0 Å². The Kier molecular flexibility index (Phi) is 2.84. The number of hydrogen-bond acceptors (Lipinski definition) is 4. The van der Waals surface area contributed by atoms with E-state index in [1.807, 2.05) is 20.8 Å². The highest BCUT2D eigenvalue weighted by Crippen LogP contribution is 2.29. The van der Waals surface area contributed by atoms with Crippen molar-refractivity contribution in [3.05, 3.63) is 0 Å². The van der Waals surface area contributed by atoms with Gasteiger partial charge in [-0.25, -0.2) is 4.79 Å². The van der Waals surface area contributed by atoms with E-state index >= 15 is 0 Å². The number of likely N-dealkylation sites (tertiary alicyclic amines) is 1. The van der Waals surface area contributed by atoms with Gasteiger partial charge in [0.1, 0.15) is 5.60 Å². The highest BCUT2D eigenvalue weighted by atomic mass is 16.6. The lowest BCUT2D eigenvalue weighted by Gasteiger charge is -2.29. The zero-order valence-corrected chi connectivity index (χ0v) is 10.1. The molecular formula is C11H20N2O3. The molecule has 16 heavy (non-hydrogen) atoms. The Morgan fingerprint density at radius 3 is 2.81 bits per heavy atom. The Labute approximate surface area is 95.9 Å². The van der Waals surface area contributed by atoms with Crippen molar-refractivity contribution < 1.29 is 14.3 Å². The van der Waals surface area contributed by atoms with E-state index in [4.69, 9.17) is 15.2 Å². The van der Waals surface area contributed by atoms with E-state index < -0.39 is 5.60 Å². The molecule has 2 heterocycles. The standard InChI is InChI=1S/C11H20N2O3/c1-11(2,3)16-10(14)13-5-4-8-9(13)7(12)6-15-8/h7-9H,4-6,12H2,1-3H3/t7-,8-,9-/m0/s1. The molecule has 2 fully saturated rings. The molecule has 2 N–H and O–H groups in total. The topological polar surface area (TPSA) is 64.8 Å². The second-order valence-electron chi connectivity index (χ2n) is 5.49. The van der Waals surface area contributed by atoms with Gasteiger partial charge in [0, 0.05) is 6.54 Å². The number of rotatable bonds is 0. The Hall–Kier alpha value is -0.810. The van der Waals surface area contributed by atoms with Crippen LogP contribution in [0.3, 0.4) is 0 Å². The van der Waals surface area contributed by atoms with Gasteiger partial charge in [0.05, 0.1) is 24.8 Å². The molecule has 1 amide bonds. The van der Waals surface area contributed by atoms with E-state index in [2.05, 4.69) is 0 Å². The lowest BCUT2D eigenvalue weighted by atomic mass is 10.1. The molecule has 0 bridgehead atoms. The van der Waals surface area contributed by atoms with Gasteiger partial charge in [0.25, 0.3) is 0 Å². The lowest BCUT2D eigenvalue weighted by molar-refractivity contribution is 0.0200. The second-order valence-corrected chi connectivity index (χ2v) is 5.49. The molecule has 2 aliphatic heterocycles. The van der Waals surface area contributed by atoms with Crippen molar-refractivity contribution in [3.8, 4) is 0 Å². The van der Waals surface area contributed by atoms with Gasteiger partial charge in [-0.15, -0.1) is 0 Å². The molecule has 0 aromatic rings. The smallest absolute Gasteiger partial charge is 0.410 e. The molecule has 0 spiro atoms. The molecule has 2 saturated heterocycles. The Morgan fingerprint density at radius 2 is 2.19 bits per heavy atom. The molecule has 2 aliphatic rings. The van der Waals surface area contributed by atoms with Gasteiger partial charge < -0.3 is 20.1 Å². The maximum Gasteiger partial charge on any atom is 0.410 e. The Balaban J connectivity index is 2.02. The summed E-state index contributed by atoms with van der Waals surface area (Å²) in [6, 6.07) is -0.0881. The van der Waals surface area contributed by atoms with Gasteiger partial charge in [-0.05, 0) is 27.2 Å². The number of ether oxygens (including phenoxy) is 2. The molecule has 2 rings (SSSR count). The molecule has 0 aliphatic carbocycles. The molecule has 0 aromatic carbocycles. The summed E-state index contributed by atoms with van der Waals surface area (Å²) >= 11 is 0. The van der Waals surface area contributed by atoms with Crippen LogP contribution in [0.25, 0.3) is 0 Å². The van der Waals surface area contributed by atoms with Gasteiger partial charge in [-0.2, -0.15) is 0 Å². The lowest BCUT2D eigenvalue weighted by Crippen LogP contribution is -2.49. The molecular weight excluding hydrogens is 208 g/mol. The quantitative estimate of drug-likeness (QED) is 0.663. The van der Waals surface area contributed by atoms with Crippen molar-refractivity contribution in [2.75, 3.05) is 13.2 Å². The number of amides is 1. The Bertz CT molecular complexity index is 287. The van der Waals surface area contributed by atoms with Crippen LogP contribution in [0.4, 0.5) is 4.79 Å². The van der Waals surface area contributed by atoms with Crippen molar-refractivity contribution >= 4 is 6.09 Å². The van der Waals surface area contributed by atoms with Crippen molar-refractivity contribution in [1.82, 2.24) is 4.90 Å². The zero-order valence-electron chi connectivity index (χ0n) is 10.1. The van der Waals surface area contributed by atoms with Crippen molar-refractivity contribution in [2.24, 2.45) is 5.73 Å². The molecule has 92 valence electrons. The van der Waals surface area contributed by atoms with Gasteiger partial charge in [0.15, 0.2) is 0 Å². The summed E-state index contributed by atoms with van der Waals surface area (Å²) in [4.78, 5) is 13.7. The predicted octanol–water partition coefficient (Wildman–Crippen LogP) is 0.722. The number of carbonyl (C=O) groups excluding carboxylic acids is 1. The van der Waals surface area contributed by atoms with Gasteiger partial charge >= 0.3 is 6.09 Å². The van der Waals surface area contributed by atoms with Crippen molar-refractivity contribution in [3.63, 3.8) is 0 Å². The minimum absolute atomic E-state index is 0.00477. The van der Waals surface area contributed by atoms with E-state index in [1.54, 1.807) is 4.90 Å². The summed E-state index contributed by atoms with van der Waals surface area (Å²) in [5, 5.41) is 0. The summed E-state index contributed by atoms with van der Waals surface area (Å²) in [7, 11) is 0. The highest BCUT2D eigenvalue weighted by Gasteiger charge is 2.46. The molecule has 5 nitrogen and oxygen atoms in total. The summed E-state index contributed by atoms with van der Waals surface area (Å²) in [5.41, 5.74) is 5.48. The Morgan fingerprint density at radius 1 is 1.50 bits per heavy atom. The maximum absolute atomic E-state index is 11.9. The van der Waals surface area contributed by atoms with Crippen LogP contribution in [0.5, 0.6) is 0 Å². The van der Waals surface area contributed by atoms with Crippen LogP contribution in [0.2, 0.25) is 0 Å². The fraction of sp³-hybridized carbons (Fsp3) is 0.909. The van der Waals surface area contributed by atoms with Crippen LogP contribution in [-0.4, -0.2) is 47.9 Å². The first-order valence-corrected chi connectivity index (χ1v) is 5.75. The van der Waals surface area contributed by atoms with Crippen molar-refractivity contribution in [1.29, 1.82) is 0 Å². The van der Waals surface area contributed by atoms with E-state index in [-0.39, 0.29) is 24.3 Å². The SMILES string of the molecule is CC(C)(C)OC(=O)N1CC[C@@H]2OC[C@H](N)[C@@H]21. The van der Waals surface area contributed by atoms with E-state index in [0.717, 1.165) is 6.42 Å². The minimum Gasteiger partial charge on any atom is -0.444 e. The summed E-state index contributed by atoms with van der Waals surface area (Å²) in [6.07, 6.45) is 0.681. The summed E-state index contributed by atoms with van der Waals surface area (Å²) in [5.74, 6) is 0. The molecule has 0 radical (unpaired) electrons. The zero-order chi connectivity index (χ0) is 11.9. The molecule has 0 saturated carbocycles. The highest BCUT2D eigenvalue weighted by molar-refractivity contribution is 5.69. The normalized spacial score (nSPS) is 34.0. The fourth-order valence-electron chi connectivity index (χ4n) is 2.34. The average molecular weight is 228 g/mol. The molecule has 3 atom stereocenters. The van der Waals surface area contributed by atoms with E-state index in [0.29, 0.717) is 13.2 Å². The average Bonchev–Trinajstić information content (AvgIpc) is 2.66. The maximum atomic E-state index is 11.9. The van der Waals surface area contributed by atoms with Crippen LogP contribution in [0, 0.1) is 0 Å². The summed E-state index contributed by atoms with van der Waals surface area (Å²) in [6.45, 7) is 6.81. The predicted molar refractivity (Wildman–Crippen MR) is 59.1 cm³/mol. The number of nitrogens with two attached hydrogens (primary N) is 1. The second kappa shape index (κ2) is 3.89. The first-order valence-electron chi connectivity index (χ1n) is 5.75. The number of hydrogen-bond donors (Lipinski definition) is 1. The fourth-order valence-corrected chi connectivity index (χ4v) is 2.34. The van der Waals surface area contributed by atoms with Crippen molar-refractivity contribution in [2.45, 2.75) is 51.0 Å². The van der Waals surface area contributed by atoms with Gasteiger partial charge in [0.2, 0.25) is 0 Å². The molecule has 0 aromatic heterocycles. The summed E-state index contributed by atoms with van der Waals surface area (Å²) < 4.78 is 10.9. The van der Waals surface area contributed by atoms with E-state index in [1.165, 1.54) is 0 Å². The third-order valence-electron chi connectivity index (χ3n) is 2.96. The van der Waals surface area contributed by atoms with Crippen LogP contribution < -0.4 is 5.73 Å². The first kappa shape index (κ1) is 11.7. The first-order chi connectivity index (χ1) is 7.38. The number of nitrogens with zero attached hydrogens (tertiary/aromatic N) is 1. The monoisotopic (exact) mass is 228 g/mol. The third-order valence-corrected chi connectivity index (χ3v) is 2.96. The number of fused-ring (bicyclic) bond motifs is 1.